The summed E-state index contributed by atoms with van der Waals surface area (Å²) in [4.78, 5) is 24.6. The van der Waals surface area contributed by atoms with E-state index in [2.05, 4.69) is 59.5 Å². The van der Waals surface area contributed by atoms with Crippen LogP contribution >= 0.6 is 11.3 Å². The number of nitrogens with one attached hydrogen (secondary N) is 2. The normalized spacial score (nSPS) is 21.2. The van der Waals surface area contributed by atoms with E-state index in [1.54, 1.807) is 0 Å². The number of carbonyl (C=O) groups is 1. The molecule has 0 radical (unpaired) electrons. The van der Waals surface area contributed by atoms with Gasteiger partial charge in [0.15, 0.2) is 5.82 Å². The number of thiophene rings is 1. The molecule has 4 aromatic rings. The molecule has 0 spiro atoms. The van der Waals surface area contributed by atoms with Crippen LogP contribution < -0.4 is 5.32 Å². The molecule has 0 aliphatic heterocycles. The monoisotopic (exact) mass is 446 g/mol. The summed E-state index contributed by atoms with van der Waals surface area (Å²) in [5, 5.41) is 5.10. The predicted octanol–water partition coefficient (Wildman–Crippen LogP) is 5.73. The van der Waals surface area contributed by atoms with Crippen LogP contribution in [0.2, 0.25) is 0 Å². The predicted molar refractivity (Wildman–Crippen MR) is 132 cm³/mol. The van der Waals surface area contributed by atoms with Crippen molar-refractivity contribution in [3.05, 3.63) is 65.3 Å². The van der Waals surface area contributed by atoms with Crippen LogP contribution in [-0.2, 0) is 6.54 Å². The lowest BCUT2D eigenvalue weighted by Gasteiger charge is -2.46. The van der Waals surface area contributed by atoms with Gasteiger partial charge < -0.3 is 15.2 Å². The van der Waals surface area contributed by atoms with Crippen LogP contribution in [0.3, 0.4) is 0 Å². The van der Waals surface area contributed by atoms with E-state index in [9.17, 15) is 4.79 Å². The fraction of sp³-hybridized carbons (Fsp3) is 0.385. The van der Waals surface area contributed by atoms with Crippen LogP contribution in [-0.4, -0.2) is 38.9 Å². The third-order valence-corrected chi connectivity index (χ3v) is 7.92. The van der Waals surface area contributed by atoms with Gasteiger partial charge in [0.05, 0.1) is 11.0 Å². The molecule has 0 saturated heterocycles. The molecular formula is C26H30N4OS. The van der Waals surface area contributed by atoms with Gasteiger partial charge in [0.25, 0.3) is 5.91 Å². The second-order valence-electron chi connectivity index (χ2n) is 9.07. The first kappa shape index (κ1) is 21.2. The maximum absolute atomic E-state index is 13.4. The molecule has 2 aromatic heterocycles. The van der Waals surface area contributed by atoms with Crippen molar-refractivity contribution in [1.29, 1.82) is 0 Å². The number of fused-ring (bicyclic) bond motifs is 2. The summed E-state index contributed by atoms with van der Waals surface area (Å²) >= 11 is 1.86. The second-order valence-corrected chi connectivity index (χ2v) is 10.2. The number of benzene rings is 2. The SMILES string of the molecule is CCN(C(=O)c1nc2ccccc2[nH]1)C1(C)CCC[C@@H](NCc2cc3ccccc3s2)C1. The Kier molecular flexibility index (Phi) is 5.74. The van der Waals surface area contributed by atoms with Crippen molar-refractivity contribution < 1.29 is 4.79 Å². The molecule has 2 atom stereocenters. The van der Waals surface area contributed by atoms with Crippen LogP contribution in [0.25, 0.3) is 21.1 Å². The summed E-state index contributed by atoms with van der Waals surface area (Å²) in [5.74, 6) is 0.436. The van der Waals surface area contributed by atoms with Gasteiger partial charge in [0.2, 0.25) is 0 Å². The lowest BCUT2D eigenvalue weighted by atomic mass is 9.79. The Labute approximate surface area is 192 Å². The number of H-pyrrole nitrogens is 1. The van der Waals surface area contributed by atoms with E-state index < -0.39 is 0 Å². The molecule has 1 unspecified atom stereocenters. The van der Waals surface area contributed by atoms with Crippen LogP contribution in [0.1, 0.15) is 55.0 Å². The van der Waals surface area contributed by atoms with E-state index in [0.29, 0.717) is 18.4 Å². The van der Waals surface area contributed by atoms with E-state index in [0.717, 1.165) is 43.3 Å². The maximum atomic E-state index is 13.4. The topological polar surface area (TPSA) is 61.0 Å². The van der Waals surface area contributed by atoms with E-state index in [-0.39, 0.29) is 11.4 Å². The summed E-state index contributed by atoms with van der Waals surface area (Å²) in [6, 6.07) is 19.1. The number of imidazole rings is 1. The number of carbonyl (C=O) groups excluding carboxylic acids is 1. The standard InChI is InChI=1S/C26H30N4OS/c1-3-30(25(31)24-28-21-11-5-6-12-22(21)29-24)26(2)14-8-10-19(16-26)27-17-20-15-18-9-4-7-13-23(18)32-20/h4-7,9,11-13,15,19,27H,3,8,10,14,16-17H2,1-2H3,(H,28,29)/t19-,26?/m1/s1. The number of hydrogen-bond donors (Lipinski definition) is 2. The summed E-state index contributed by atoms with van der Waals surface area (Å²) in [5.41, 5.74) is 1.56. The molecule has 6 heteroatoms. The van der Waals surface area contributed by atoms with Gasteiger partial charge in [-0.3, -0.25) is 4.79 Å². The highest BCUT2D eigenvalue weighted by Gasteiger charge is 2.40. The zero-order chi connectivity index (χ0) is 22.1. The Hall–Kier alpha value is -2.70. The lowest BCUT2D eigenvalue weighted by molar-refractivity contribution is 0.0360. The Morgan fingerprint density at radius 3 is 2.88 bits per heavy atom. The number of amides is 1. The van der Waals surface area contributed by atoms with Gasteiger partial charge in [0, 0.05) is 34.2 Å². The Balaban J connectivity index is 1.29. The summed E-state index contributed by atoms with van der Waals surface area (Å²) in [7, 11) is 0. The number of hydrogen-bond acceptors (Lipinski definition) is 4. The third kappa shape index (κ3) is 4.05. The Morgan fingerprint density at radius 2 is 2.06 bits per heavy atom. The molecule has 2 aromatic carbocycles. The van der Waals surface area contributed by atoms with Crippen LogP contribution in [0.4, 0.5) is 0 Å². The van der Waals surface area contributed by atoms with Gasteiger partial charge in [-0.1, -0.05) is 30.3 Å². The largest absolute Gasteiger partial charge is 0.334 e. The fourth-order valence-electron chi connectivity index (χ4n) is 5.20. The lowest BCUT2D eigenvalue weighted by Crippen LogP contribution is -2.55. The minimum Gasteiger partial charge on any atom is -0.334 e. The Bertz CT molecular complexity index is 1180. The molecule has 5 rings (SSSR count). The van der Waals surface area contributed by atoms with Gasteiger partial charge in [0.1, 0.15) is 0 Å². The molecule has 32 heavy (non-hydrogen) atoms. The van der Waals surface area contributed by atoms with Crippen molar-refractivity contribution in [2.45, 2.75) is 57.7 Å². The maximum Gasteiger partial charge on any atom is 0.290 e. The van der Waals surface area contributed by atoms with E-state index >= 15 is 0 Å². The second kappa shape index (κ2) is 8.68. The first-order valence-electron chi connectivity index (χ1n) is 11.5. The molecule has 2 N–H and O–H groups in total. The first-order valence-corrected chi connectivity index (χ1v) is 12.3. The van der Waals surface area contributed by atoms with E-state index in [1.165, 1.54) is 15.0 Å². The highest BCUT2D eigenvalue weighted by Crippen LogP contribution is 2.35. The van der Waals surface area contributed by atoms with Crippen molar-refractivity contribution in [1.82, 2.24) is 20.2 Å². The van der Waals surface area contributed by atoms with Gasteiger partial charge in [-0.2, -0.15) is 0 Å². The smallest absolute Gasteiger partial charge is 0.290 e. The zero-order valence-electron chi connectivity index (χ0n) is 18.7. The first-order chi connectivity index (χ1) is 15.6. The van der Waals surface area contributed by atoms with Crippen LogP contribution in [0.5, 0.6) is 0 Å². The van der Waals surface area contributed by atoms with Crippen LogP contribution in [0, 0.1) is 0 Å². The van der Waals surface area contributed by atoms with Crippen molar-refractivity contribution in [2.24, 2.45) is 0 Å². The van der Waals surface area contributed by atoms with E-state index in [4.69, 9.17) is 0 Å². The van der Waals surface area contributed by atoms with Crippen molar-refractivity contribution in [3.63, 3.8) is 0 Å². The van der Waals surface area contributed by atoms with Gasteiger partial charge in [-0.25, -0.2) is 4.98 Å². The molecule has 1 amide bonds. The zero-order valence-corrected chi connectivity index (χ0v) is 19.5. The highest BCUT2D eigenvalue weighted by molar-refractivity contribution is 7.19. The fourth-order valence-corrected chi connectivity index (χ4v) is 6.22. The molecule has 2 heterocycles. The average Bonchev–Trinajstić information content (AvgIpc) is 3.42. The molecular weight excluding hydrogens is 416 g/mol. The summed E-state index contributed by atoms with van der Waals surface area (Å²) in [6.45, 7) is 5.86. The number of aromatic nitrogens is 2. The number of para-hydroxylation sites is 2. The number of aromatic amines is 1. The molecule has 1 aliphatic rings. The third-order valence-electron chi connectivity index (χ3n) is 6.80. The minimum atomic E-state index is -0.180. The summed E-state index contributed by atoms with van der Waals surface area (Å²) < 4.78 is 1.34. The van der Waals surface area contributed by atoms with E-state index in [1.807, 2.05) is 40.5 Å². The molecule has 5 nitrogen and oxygen atoms in total. The minimum absolute atomic E-state index is 0.00337. The van der Waals surface area contributed by atoms with Crippen molar-refractivity contribution in [3.8, 4) is 0 Å². The quantitative estimate of drug-likeness (QED) is 0.398. The molecule has 166 valence electrons. The van der Waals surface area contributed by atoms with Crippen LogP contribution in [0.15, 0.2) is 54.6 Å². The molecule has 0 bridgehead atoms. The summed E-state index contributed by atoms with van der Waals surface area (Å²) in [6.07, 6.45) is 4.24. The molecule has 1 aliphatic carbocycles. The van der Waals surface area contributed by atoms with Crippen molar-refractivity contribution >= 4 is 38.4 Å². The average molecular weight is 447 g/mol. The molecule has 1 saturated carbocycles. The van der Waals surface area contributed by atoms with Gasteiger partial charge in [-0.15, -0.1) is 11.3 Å². The Morgan fingerprint density at radius 1 is 1.25 bits per heavy atom. The number of nitrogens with zero attached hydrogens (tertiary/aromatic N) is 2. The highest BCUT2D eigenvalue weighted by atomic mass is 32.1. The molecule has 1 fully saturated rings. The number of rotatable bonds is 6. The van der Waals surface area contributed by atoms with Gasteiger partial charge in [-0.05, 0) is 69.2 Å². The van der Waals surface area contributed by atoms with Gasteiger partial charge >= 0.3 is 0 Å². The van der Waals surface area contributed by atoms with Crippen molar-refractivity contribution in [2.75, 3.05) is 6.54 Å².